The van der Waals surface area contributed by atoms with E-state index in [9.17, 15) is 9.59 Å². The van der Waals surface area contributed by atoms with Crippen molar-refractivity contribution in [3.63, 3.8) is 0 Å². The summed E-state index contributed by atoms with van der Waals surface area (Å²) in [6.07, 6.45) is 4.62. The van der Waals surface area contributed by atoms with Gasteiger partial charge in [-0.1, -0.05) is 30.3 Å². The first kappa shape index (κ1) is 16.0. The molecular formula is C20H16N4O2. The first-order valence-electron chi connectivity index (χ1n) is 8.29. The number of nitrogens with one attached hydrogen (secondary N) is 2. The molecule has 6 heteroatoms. The van der Waals surface area contributed by atoms with Gasteiger partial charge in [-0.2, -0.15) is 0 Å². The number of imidazole rings is 1. The summed E-state index contributed by atoms with van der Waals surface area (Å²) in [5.41, 5.74) is 3.16. The Morgan fingerprint density at radius 1 is 1.08 bits per heavy atom. The van der Waals surface area contributed by atoms with E-state index in [1.165, 1.54) is 0 Å². The maximum Gasteiger partial charge on any atom is 0.257 e. The molecule has 4 rings (SSSR count). The molecule has 0 atom stereocenters. The molecule has 1 amide bonds. The van der Waals surface area contributed by atoms with Gasteiger partial charge in [0.1, 0.15) is 5.52 Å². The quantitative estimate of drug-likeness (QED) is 0.691. The van der Waals surface area contributed by atoms with Crippen LogP contribution in [0.15, 0.2) is 65.8 Å². The van der Waals surface area contributed by atoms with Crippen molar-refractivity contribution >= 4 is 34.4 Å². The summed E-state index contributed by atoms with van der Waals surface area (Å²) in [5.74, 6) is 0.0170. The number of amides is 1. The minimum Gasteiger partial charge on any atom is -0.324 e. The lowest BCUT2D eigenvalue weighted by Crippen LogP contribution is -2.12. The molecule has 0 saturated carbocycles. The number of carbonyl (C=O) groups is 2. The largest absolute Gasteiger partial charge is 0.324 e. The SMILES string of the molecule is O=C(Nc1nc2c(C(=O)CC3=NC=CC3)cccc2[nH]1)c1ccccc1. The van der Waals surface area contributed by atoms with E-state index >= 15 is 0 Å². The Labute approximate surface area is 149 Å². The smallest absolute Gasteiger partial charge is 0.257 e. The molecule has 2 aromatic carbocycles. The predicted molar refractivity (Wildman–Crippen MR) is 101 cm³/mol. The fourth-order valence-corrected chi connectivity index (χ4v) is 2.88. The summed E-state index contributed by atoms with van der Waals surface area (Å²) in [7, 11) is 0. The summed E-state index contributed by atoms with van der Waals surface area (Å²) in [6, 6.07) is 14.3. The number of fused-ring (bicyclic) bond motifs is 1. The number of aromatic nitrogens is 2. The van der Waals surface area contributed by atoms with Gasteiger partial charge >= 0.3 is 0 Å². The Hall–Kier alpha value is -3.54. The molecule has 0 bridgehead atoms. The van der Waals surface area contributed by atoms with Crippen molar-refractivity contribution < 1.29 is 9.59 Å². The highest BCUT2D eigenvalue weighted by Crippen LogP contribution is 2.21. The molecule has 0 radical (unpaired) electrons. The van der Waals surface area contributed by atoms with Crippen LogP contribution in [0, 0.1) is 0 Å². The highest BCUT2D eigenvalue weighted by Gasteiger charge is 2.17. The van der Waals surface area contributed by atoms with E-state index in [4.69, 9.17) is 0 Å². The number of H-pyrrole nitrogens is 1. The lowest BCUT2D eigenvalue weighted by molar-refractivity contribution is 0.0999. The van der Waals surface area contributed by atoms with Crippen LogP contribution >= 0.6 is 0 Å². The number of nitrogens with zero attached hydrogens (tertiary/aromatic N) is 2. The fourth-order valence-electron chi connectivity index (χ4n) is 2.88. The van der Waals surface area contributed by atoms with Gasteiger partial charge in [0.2, 0.25) is 5.95 Å². The van der Waals surface area contributed by atoms with Crippen LogP contribution in [0.3, 0.4) is 0 Å². The van der Waals surface area contributed by atoms with Gasteiger partial charge in [0.25, 0.3) is 5.91 Å². The number of benzene rings is 2. The Kier molecular flexibility index (Phi) is 4.15. The maximum atomic E-state index is 12.6. The van der Waals surface area contributed by atoms with Gasteiger partial charge in [-0.15, -0.1) is 0 Å². The Morgan fingerprint density at radius 3 is 2.69 bits per heavy atom. The second-order valence-corrected chi connectivity index (χ2v) is 5.99. The molecule has 1 aliphatic rings. The van der Waals surface area contributed by atoms with Crippen molar-refractivity contribution in [1.29, 1.82) is 0 Å². The zero-order chi connectivity index (χ0) is 17.9. The summed E-state index contributed by atoms with van der Waals surface area (Å²) in [5, 5.41) is 2.74. The molecule has 128 valence electrons. The average Bonchev–Trinajstić information content (AvgIpc) is 3.31. The molecule has 0 unspecified atom stereocenters. The second kappa shape index (κ2) is 6.76. The molecule has 2 N–H and O–H groups in total. The number of para-hydroxylation sites is 1. The molecule has 6 nitrogen and oxygen atoms in total. The normalized spacial score (nSPS) is 13.0. The predicted octanol–water partition coefficient (Wildman–Crippen LogP) is 3.75. The molecule has 1 aromatic heterocycles. The van der Waals surface area contributed by atoms with Crippen LogP contribution in [0.5, 0.6) is 0 Å². The van der Waals surface area contributed by atoms with Gasteiger partial charge in [-0.3, -0.25) is 19.9 Å². The lowest BCUT2D eigenvalue weighted by atomic mass is 10.0. The summed E-state index contributed by atoms with van der Waals surface area (Å²) in [6.45, 7) is 0. The van der Waals surface area contributed by atoms with Crippen LogP contribution in [-0.4, -0.2) is 27.4 Å². The number of allylic oxidation sites excluding steroid dienone is 1. The zero-order valence-electron chi connectivity index (χ0n) is 13.9. The number of ketones is 1. The number of Topliss-reactive ketones (excluding diaryl/α,β-unsaturated/α-hetero) is 1. The third-order valence-corrected chi connectivity index (χ3v) is 4.16. The molecule has 1 aliphatic heterocycles. The Balaban J connectivity index is 1.59. The number of carbonyl (C=O) groups excluding carboxylic acids is 2. The molecule has 0 saturated heterocycles. The van der Waals surface area contributed by atoms with Crippen molar-refractivity contribution in [2.24, 2.45) is 4.99 Å². The van der Waals surface area contributed by atoms with Gasteiger partial charge in [-0.05, 0) is 24.3 Å². The number of hydrogen-bond donors (Lipinski definition) is 2. The van der Waals surface area contributed by atoms with Crippen LogP contribution in [0.4, 0.5) is 5.95 Å². The van der Waals surface area contributed by atoms with Crippen LogP contribution in [0.2, 0.25) is 0 Å². The monoisotopic (exact) mass is 344 g/mol. The highest BCUT2D eigenvalue weighted by atomic mass is 16.1. The molecule has 3 aromatic rings. The van der Waals surface area contributed by atoms with Gasteiger partial charge in [0.15, 0.2) is 5.78 Å². The molecule has 0 spiro atoms. The van der Waals surface area contributed by atoms with Crippen LogP contribution in [0.25, 0.3) is 11.0 Å². The fraction of sp³-hybridized carbons (Fsp3) is 0.100. The average molecular weight is 344 g/mol. The maximum absolute atomic E-state index is 12.6. The lowest BCUT2D eigenvalue weighted by Gasteiger charge is -2.02. The zero-order valence-corrected chi connectivity index (χ0v) is 13.9. The van der Waals surface area contributed by atoms with Crippen molar-refractivity contribution in [1.82, 2.24) is 9.97 Å². The van der Waals surface area contributed by atoms with E-state index in [1.54, 1.807) is 42.6 Å². The highest BCUT2D eigenvalue weighted by molar-refractivity contribution is 6.15. The van der Waals surface area contributed by atoms with E-state index in [0.29, 0.717) is 34.5 Å². The molecule has 26 heavy (non-hydrogen) atoms. The van der Waals surface area contributed by atoms with Crippen molar-refractivity contribution in [2.45, 2.75) is 12.8 Å². The molecular weight excluding hydrogens is 328 g/mol. The topological polar surface area (TPSA) is 87.2 Å². The van der Waals surface area contributed by atoms with E-state index in [2.05, 4.69) is 20.3 Å². The third-order valence-electron chi connectivity index (χ3n) is 4.16. The molecule has 0 aliphatic carbocycles. The van der Waals surface area contributed by atoms with Gasteiger partial charge in [0, 0.05) is 35.9 Å². The number of aromatic amines is 1. The van der Waals surface area contributed by atoms with Crippen LogP contribution in [0.1, 0.15) is 33.6 Å². The van der Waals surface area contributed by atoms with E-state index in [1.807, 2.05) is 18.2 Å². The van der Waals surface area contributed by atoms with E-state index in [0.717, 1.165) is 5.71 Å². The Morgan fingerprint density at radius 2 is 1.92 bits per heavy atom. The minimum atomic E-state index is -0.260. The minimum absolute atomic E-state index is 0.0366. The standard InChI is InChI=1S/C20H16N4O2/c25-17(12-14-8-5-11-21-14)15-9-4-10-16-18(15)23-20(22-16)24-19(26)13-6-2-1-3-7-13/h1-7,9-11H,8,12H2,(H2,22,23,24,26). The van der Waals surface area contributed by atoms with Gasteiger partial charge in [0.05, 0.1) is 5.52 Å². The third kappa shape index (κ3) is 3.17. The molecule has 2 heterocycles. The number of hydrogen-bond acceptors (Lipinski definition) is 4. The summed E-state index contributed by atoms with van der Waals surface area (Å²) >= 11 is 0. The number of rotatable bonds is 5. The first-order chi connectivity index (χ1) is 12.7. The molecule has 0 fully saturated rings. The first-order valence-corrected chi connectivity index (χ1v) is 8.29. The van der Waals surface area contributed by atoms with E-state index < -0.39 is 0 Å². The second-order valence-electron chi connectivity index (χ2n) is 5.99. The summed E-state index contributed by atoms with van der Waals surface area (Å²) < 4.78 is 0. The number of aliphatic imine (C=N–C) groups is 1. The number of anilines is 1. The van der Waals surface area contributed by atoms with Crippen molar-refractivity contribution in [2.75, 3.05) is 5.32 Å². The van der Waals surface area contributed by atoms with E-state index in [-0.39, 0.29) is 18.1 Å². The van der Waals surface area contributed by atoms with Gasteiger partial charge < -0.3 is 4.98 Å². The van der Waals surface area contributed by atoms with Crippen molar-refractivity contribution in [3.05, 3.63) is 71.9 Å². The Bertz CT molecular complexity index is 1050. The van der Waals surface area contributed by atoms with Crippen LogP contribution < -0.4 is 5.32 Å². The van der Waals surface area contributed by atoms with Crippen molar-refractivity contribution in [3.8, 4) is 0 Å². The van der Waals surface area contributed by atoms with Gasteiger partial charge in [-0.25, -0.2) is 4.98 Å². The summed E-state index contributed by atoms with van der Waals surface area (Å²) in [4.78, 5) is 36.5. The van der Waals surface area contributed by atoms with Crippen LogP contribution in [-0.2, 0) is 0 Å².